The number of rotatable bonds is 5. The van der Waals surface area contributed by atoms with Crippen LogP contribution in [0.5, 0.6) is 0 Å². The van der Waals surface area contributed by atoms with Crippen LogP contribution in [-0.4, -0.2) is 15.9 Å². The standard InChI is InChI=1S/C17H10ClFN2O5/c18-15-6-5-13(21(23)24)7-14(15)17(22)26-9-12-8-25-16(20-12)10-1-3-11(19)4-2-10/h1-8H,9H2. The van der Waals surface area contributed by atoms with Gasteiger partial charge in [-0.2, -0.15) is 0 Å². The van der Waals surface area contributed by atoms with Gasteiger partial charge in [0.05, 0.1) is 15.5 Å². The third-order valence-electron chi connectivity index (χ3n) is 3.37. The number of nitro groups is 1. The van der Waals surface area contributed by atoms with E-state index in [0.717, 1.165) is 6.07 Å². The zero-order valence-corrected chi connectivity index (χ0v) is 13.8. The predicted octanol–water partition coefficient (Wildman–Crippen LogP) is 4.40. The van der Waals surface area contributed by atoms with Crippen molar-refractivity contribution in [1.29, 1.82) is 0 Å². The van der Waals surface area contributed by atoms with Gasteiger partial charge in [-0.15, -0.1) is 0 Å². The lowest BCUT2D eigenvalue weighted by atomic mass is 10.2. The van der Waals surface area contributed by atoms with Crippen molar-refractivity contribution in [2.75, 3.05) is 0 Å². The van der Waals surface area contributed by atoms with E-state index in [0.29, 0.717) is 11.3 Å². The van der Waals surface area contributed by atoms with Gasteiger partial charge in [0.1, 0.15) is 24.4 Å². The van der Waals surface area contributed by atoms with Crippen LogP contribution in [0.25, 0.3) is 11.5 Å². The zero-order valence-electron chi connectivity index (χ0n) is 13.0. The van der Waals surface area contributed by atoms with Gasteiger partial charge in [0.15, 0.2) is 0 Å². The summed E-state index contributed by atoms with van der Waals surface area (Å²) in [4.78, 5) is 26.4. The maximum Gasteiger partial charge on any atom is 0.340 e. The van der Waals surface area contributed by atoms with E-state index in [9.17, 15) is 19.3 Å². The Morgan fingerprint density at radius 3 is 2.69 bits per heavy atom. The van der Waals surface area contributed by atoms with Gasteiger partial charge in [-0.05, 0) is 30.3 Å². The number of aromatic nitrogens is 1. The summed E-state index contributed by atoms with van der Waals surface area (Å²) in [5.74, 6) is -0.974. The van der Waals surface area contributed by atoms with Crippen molar-refractivity contribution in [2.24, 2.45) is 0 Å². The van der Waals surface area contributed by atoms with Gasteiger partial charge in [0.2, 0.25) is 5.89 Å². The maximum absolute atomic E-state index is 12.9. The molecule has 0 atom stereocenters. The highest BCUT2D eigenvalue weighted by atomic mass is 35.5. The SMILES string of the molecule is O=C(OCc1coc(-c2ccc(F)cc2)n1)c1cc([N+](=O)[O-])ccc1Cl. The molecule has 0 saturated heterocycles. The lowest BCUT2D eigenvalue weighted by Crippen LogP contribution is -2.07. The smallest absolute Gasteiger partial charge is 0.340 e. The van der Waals surface area contributed by atoms with Gasteiger partial charge in [-0.3, -0.25) is 10.1 Å². The monoisotopic (exact) mass is 376 g/mol. The van der Waals surface area contributed by atoms with Crippen LogP contribution in [0.1, 0.15) is 16.1 Å². The number of ether oxygens (including phenoxy) is 1. The molecular weight excluding hydrogens is 367 g/mol. The number of halogens is 2. The highest BCUT2D eigenvalue weighted by molar-refractivity contribution is 6.33. The molecule has 7 nitrogen and oxygen atoms in total. The van der Waals surface area contributed by atoms with Crippen molar-refractivity contribution in [3.05, 3.63) is 80.9 Å². The van der Waals surface area contributed by atoms with Crippen LogP contribution in [0.2, 0.25) is 5.02 Å². The highest BCUT2D eigenvalue weighted by Crippen LogP contribution is 2.24. The van der Waals surface area contributed by atoms with Crippen molar-refractivity contribution >= 4 is 23.3 Å². The normalized spacial score (nSPS) is 10.5. The molecule has 0 aliphatic heterocycles. The average Bonchev–Trinajstić information content (AvgIpc) is 3.09. The van der Waals surface area contributed by atoms with Crippen molar-refractivity contribution in [3.8, 4) is 11.5 Å². The Balaban J connectivity index is 1.70. The molecule has 0 amide bonds. The van der Waals surface area contributed by atoms with Gasteiger partial charge in [-0.1, -0.05) is 11.6 Å². The van der Waals surface area contributed by atoms with Gasteiger partial charge < -0.3 is 9.15 Å². The molecule has 9 heteroatoms. The molecule has 0 unspecified atom stereocenters. The molecule has 132 valence electrons. The molecule has 26 heavy (non-hydrogen) atoms. The first-order chi connectivity index (χ1) is 12.4. The van der Waals surface area contributed by atoms with Gasteiger partial charge in [0.25, 0.3) is 5.69 Å². The summed E-state index contributed by atoms with van der Waals surface area (Å²) >= 11 is 5.89. The second-order valence-corrected chi connectivity index (χ2v) is 5.56. The molecule has 2 aromatic carbocycles. The van der Waals surface area contributed by atoms with Crippen molar-refractivity contribution < 1.29 is 23.3 Å². The number of hydrogen-bond acceptors (Lipinski definition) is 6. The van der Waals surface area contributed by atoms with Crippen LogP contribution >= 0.6 is 11.6 Å². The molecule has 0 bridgehead atoms. The summed E-state index contributed by atoms with van der Waals surface area (Å²) in [6, 6.07) is 9.01. The van der Waals surface area contributed by atoms with Crippen molar-refractivity contribution in [3.63, 3.8) is 0 Å². The highest BCUT2D eigenvalue weighted by Gasteiger charge is 2.18. The average molecular weight is 377 g/mol. The fourth-order valence-corrected chi connectivity index (χ4v) is 2.29. The Morgan fingerprint density at radius 2 is 2.00 bits per heavy atom. The van der Waals surface area contributed by atoms with Crippen LogP contribution in [0.15, 0.2) is 53.1 Å². The Labute approximate surface area is 151 Å². The van der Waals surface area contributed by atoms with Gasteiger partial charge >= 0.3 is 5.97 Å². The number of nitro benzene ring substituents is 1. The maximum atomic E-state index is 12.9. The first kappa shape index (κ1) is 17.6. The Bertz CT molecular complexity index is 972. The molecule has 0 aliphatic carbocycles. The Hall–Kier alpha value is -3.26. The number of carbonyl (C=O) groups is 1. The summed E-state index contributed by atoms with van der Waals surface area (Å²) in [5.41, 5.74) is 0.481. The summed E-state index contributed by atoms with van der Waals surface area (Å²) in [5, 5.41) is 10.8. The minimum atomic E-state index is -0.829. The quantitative estimate of drug-likeness (QED) is 0.372. The van der Waals surface area contributed by atoms with Crippen LogP contribution in [0.4, 0.5) is 10.1 Å². The molecule has 3 rings (SSSR count). The largest absolute Gasteiger partial charge is 0.455 e. The molecule has 0 N–H and O–H groups in total. The molecule has 3 aromatic rings. The van der Waals surface area contributed by atoms with E-state index in [-0.39, 0.29) is 34.6 Å². The zero-order chi connectivity index (χ0) is 18.7. The van der Waals surface area contributed by atoms with E-state index in [1.54, 1.807) is 0 Å². The fourth-order valence-electron chi connectivity index (χ4n) is 2.10. The molecule has 0 radical (unpaired) electrons. The number of nitrogens with zero attached hydrogens (tertiary/aromatic N) is 2. The lowest BCUT2D eigenvalue weighted by Gasteiger charge is -2.04. The number of non-ortho nitro benzene ring substituents is 1. The van der Waals surface area contributed by atoms with Crippen molar-refractivity contribution in [2.45, 2.75) is 6.61 Å². The number of esters is 1. The van der Waals surface area contributed by atoms with E-state index in [2.05, 4.69) is 4.98 Å². The minimum absolute atomic E-state index is 0.0350. The molecule has 1 heterocycles. The summed E-state index contributed by atoms with van der Waals surface area (Å²) in [7, 11) is 0. The molecular formula is C17H10ClFN2O5. The Morgan fingerprint density at radius 1 is 1.27 bits per heavy atom. The number of hydrogen-bond donors (Lipinski definition) is 0. The minimum Gasteiger partial charge on any atom is -0.455 e. The van der Waals surface area contributed by atoms with Gasteiger partial charge in [0, 0.05) is 17.7 Å². The van der Waals surface area contributed by atoms with Crippen LogP contribution in [0.3, 0.4) is 0 Å². The second-order valence-electron chi connectivity index (χ2n) is 5.15. The molecule has 0 fully saturated rings. The van der Waals surface area contributed by atoms with Gasteiger partial charge in [-0.25, -0.2) is 14.2 Å². The topological polar surface area (TPSA) is 95.5 Å². The first-order valence-electron chi connectivity index (χ1n) is 7.25. The van der Waals surface area contributed by atoms with E-state index < -0.39 is 10.9 Å². The van der Waals surface area contributed by atoms with E-state index in [4.69, 9.17) is 20.8 Å². The van der Waals surface area contributed by atoms with Crippen LogP contribution in [-0.2, 0) is 11.3 Å². The third-order valence-corrected chi connectivity index (χ3v) is 3.70. The summed E-state index contributed by atoms with van der Waals surface area (Å²) in [6.07, 6.45) is 1.29. The van der Waals surface area contributed by atoms with Crippen molar-refractivity contribution in [1.82, 2.24) is 4.98 Å². The third kappa shape index (κ3) is 3.86. The van der Waals surface area contributed by atoms with Crippen LogP contribution < -0.4 is 0 Å². The molecule has 1 aromatic heterocycles. The summed E-state index contributed by atoms with van der Waals surface area (Å²) < 4.78 is 23.3. The predicted molar refractivity (Wildman–Crippen MR) is 89.1 cm³/mol. The fraction of sp³-hybridized carbons (Fsp3) is 0.0588. The first-order valence-corrected chi connectivity index (χ1v) is 7.63. The number of oxazole rings is 1. The van der Waals surface area contributed by atoms with E-state index in [1.807, 2.05) is 0 Å². The van der Waals surface area contributed by atoms with E-state index in [1.165, 1.54) is 42.7 Å². The lowest BCUT2D eigenvalue weighted by molar-refractivity contribution is -0.384. The second kappa shape index (κ2) is 7.32. The molecule has 0 spiro atoms. The number of benzene rings is 2. The van der Waals surface area contributed by atoms with E-state index >= 15 is 0 Å². The molecule has 0 aliphatic rings. The van der Waals surface area contributed by atoms with Crippen LogP contribution in [0, 0.1) is 15.9 Å². The molecule has 0 saturated carbocycles. The summed E-state index contributed by atoms with van der Waals surface area (Å²) in [6.45, 7) is -0.220. The number of carbonyl (C=O) groups excluding carboxylic acids is 1. The Kier molecular flexibility index (Phi) is 4.94.